The minimum absolute atomic E-state index is 0.00183. The van der Waals surface area contributed by atoms with Gasteiger partial charge in [-0.05, 0) is 67.4 Å². The van der Waals surface area contributed by atoms with Crippen LogP contribution in [-0.2, 0) is 4.79 Å². The molecule has 1 aliphatic carbocycles. The largest absolute Gasteiger partial charge is 0.493 e. The van der Waals surface area contributed by atoms with Crippen molar-refractivity contribution < 1.29 is 19.0 Å². The molecule has 1 saturated carbocycles. The number of amides is 1. The van der Waals surface area contributed by atoms with E-state index in [2.05, 4.69) is 10.1 Å². The van der Waals surface area contributed by atoms with Crippen molar-refractivity contribution in [3.05, 3.63) is 58.1 Å². The predicted molar refractivity (Wildman–Crippen MR) is 152 cm³/mol. The molecular formula is C28H29ClN4O4S. The highest BCUT2D eigenvalue weighted by Crippen LogP contribution is 2.39. The highest BCUT2D eigenvalue weighted by atomic mass is 35.5. The van der Waals surface area contributed by atoms with Gasteiger partial charge in [-0.25, -0.2) is 0 Å². The first kappa shape index (κ1) is 26.3. The third kappa shape index (κ3) is 5.73. The molecule has 0 bridgehead atoms. The molecule has 2 aliphatic heterocycles. The van der Waals surface area contributed by atoms with E-state index in [1.807, 2.05) is 31.2 Å². The number of nitrogens with zero attached hydrogens (tertiary/aromatic N) is 3. The summed E-state index contributed by atoms with van der Waals surface area (Å²) in [7, 11) is 1.52. The number of carbonyl (C=O) groups is 1. The molecule has 0 unspecified atom stereocenters. The first-order valence-electron chi connectivity index (χ1n) is 12.6. The first-order valence-corrected chi connectivity index (χ1v) is 13.8. The van der Waals surface area contributed by atoms with Gasteiger partial charge >= 0.3 is 0 Å². The van der Waals surface area contributed by atoms with E-state index < -0.39 is 5.91 Å². The standard InChI is InChI=1S/C28H29ClN4O4S/c1-17-8-10-20(11-9-17)36-12-13-37-24-22(29)15-18(16-23(24)35-2)14-21-25(30)33-28(31-26(21)34)38-27(32-33)19-6-4-3-5-7-19/h8-11,14-16,19,30H,3-7,12-13H2,1-2H3/b21-14-,30-25?. The molecule has 2 aromatic rings. The Labute approximate surface area is 231 Å². The number of hydrazone groups is 1. The maximum Gasteiger partial charge on any atom is 0.283 e. The van der Waals surface area contributed by atoms with Crippen LogP contribution < -0.4 is 14.2 Å². The number of ether oxygens (including phenoxy) is 3. The fourth-order valence-corrected chi connectivity index (χ4v) is 5.92. The molecule has 38 heavy (non-hydrogen) atoms. The van der Waals surface area contributed by atoms with Crippen LogP contribution in [0.2, 0.25) is 5.02 Å². The number of thioether (sulfide) groups is 1. The Bertz CT molecular complexity index is 1330. The number of nitrogens with one attached hydrogen (secondary N) is 1. The van der Waals surface area contributed by atoms with Crippen LogP contribution in [-0.4, -0.2) is 47.3 Å². The number of amidine groups is 2. The zero-order chi connectivity index (χ0) is 26.6. The normalized spacial score (nSPS) is 18.8. The van der Waals surface area contributed by atoms with Crippen LogP contribution >= 0.6 is 23.4 Å². The minimum Gasteiger partial charge on any atom is -0.493 e. The quantitative estimate of drug-likeness (QED) is 0.304. The number of hydrogen-bond donors (Lipinski definition) is 1. The van der Waals surface area contributed by atoms with Crippen molar-refractivity contribution in [1.82, 2.24) is 5.01 Å². The molecule has 1 fully saturated rings. The molecular weight excluding hydrogens is 524 g/mol. The maximum atomic E-state index is 12.9. The first-order chi connectivity index (χ1) is 18.4. The summed E-state index contributed by atoms with van der Waals surface area (Å²) in [6, 6.07) is 11.2. The van der Waals surface area contributed by atoms with Crippen LogP contribution in [0.5, 0.6) is 17.2 Å². The summed E-state index contributed by atoms with van der Waals surface area (Å²) >= 11 is 7.94. The summed E-state index contributed by atoms with van der Waals surface area (Å²) in [4.78, 5) is 17.1. The lowest BCUT2D eigenvalue weighted by molar-refractivity contribution is -0.114. The number of rotatable bonds is 8. The van der Waals surface area contributed by atoms with Crippen molar-refractivity contribution in [2.75, 3.05) is 20.3 Å². The number of aryl methyl sites for hydroxylation is 1. The lowest BCUT2D eigenvalue weighted by atomic mass is 9.90. The molecule has 0 spiro atoms. The summed E-state index contributed by atoms with van der Waals surface area (Å²) in [6.45, 7) is 2.61. The summed E-state index contributed by atoms with van der Waals surface area (Å²) in [5, 5.41) is 16.5. The third-order valence-corrected chi connectivity index (χ3v) is 7.96. The second-order valence-corrected chi connectivity index (χ2v) is 10.7. The zero-order valence-electron chi connectivity index (χ0n) is 21.3. The number of halogens is 1. The van der Waals surface area contributed by atoms with Crippen LogP contribution in [0.3, 0.4) is 0 Å². The highest BCUT2D eigenvalue weighted by molar-refractivity contribution is 8.27. The lowest BCUT2D eigenvalue weighted by Crippen LogP contribution is -2.35. The minimum atomic E-state index is -0.475. The summed E-state index contributed by atoms with van der Waals surface area (Å²) in [5.74, 6) is 1.45. The summed E-state index contributed by atoms with van der Waals surface area (Å²) in [5.41, 5.74) is 1.89. The highest BCUT2D eigenvalue weighted by Gasteiger charge is 2.38. The molecule has 2 aromatic carbocycles. The Morgan fingerprint density at radius 3 is 2.61 bits per heavy atom. The average Bonchev–Trinajstić information content (AvgIpc) is 3.35. The van der Waals surface area contributed by atoms with Gasteiger partial charge in [0.25, 0.3) is 5.91 Å². The molecule has 198 valence electrons. The van der Waals surface area contributed by atoms with Crippen molar-refractivity contribution >= 4 is 51.4 Å². The van der Waals surface area contributed by atoms with E-state index in [4.69, 9.17) is 31.2 Å². The second kappa shape index (κ2) is 11.6. The molecule has 10 heteroatoms. The fourth-order valence-electron chi connectivity index (χ4n) is 4.59. The predicted octanol–water partition coefficient (Wildman–Crippen LogP) is 6.31. The molecule has 2 heterocycles. The SMILES string of the molecule is COc1cc(/C=C2/C(=N)N3N=C(C4CCCCC4)SC3=NC2=O)cc(Cl)c1OCCOc1ccc(C)cc1. The Balaban J connectivity index is 1.29. The number of fused-ring (bicyclic) bond motifs is 1. The summed E-state index contributed by atoms with van der Waals surface area (Å²) < 4.78 is 17.1. The van der Waals surface area contributed by atoms with E-state index in [-0.39, 0.29) is 18.0 Å². The van der Waals surface area contributed by atoms with Gasteiger partial charge in [-0.1, -0.05) is 48.6 Å². The van der Waals surface area contributed by atoms with Gasteiger partial charge in [0.2, 0.25) is 5.17 Å². The van der Waals surface area contributed by atoms with E-state index in [1.54, 1.807) is 18.2 Å². The second-order valence-electron chi connectivity index (χ2n) is 9.34. The van der Waals surface area contributed by atoms with E-state index in [0.29, 0.717) is 39.8 Å². The van der Waals surface area contributed by atoms with Gasteiger partial charge in [0.15, 0.2) is 17.3 Å². The molecule has 3 aliphatic rings. The van der Waals surface area contributed by atoms with Crippen molar-refractivity contribution in [2.45, 2.75) is 39.0 Å². The van der Waals surface area contributed by atoms with Crippen LogP contribution in [0.15, 0.2) is 52.1 Å². The zero-order valence-corrected chi connectivity index (χ0v) is 22.9. The van der Waals surface area contributed by atoms with Crippen molar-refractivity contribution in [1.29, 1.82) is 5.41 Å². The van der Waals surface area contributed by atoms with Crippen LogP contribution in [0.1, 0.15) is 43.2 Å². The van der Waals surface area contributed by atoms with Crippen LogP contribution in [0.25, 0.3) is 6.08 Å². The van der Waals surface area contributed by atoms with E-state index in [0.717, 1.165) is 29.2 Å². The number of aliphatic imine (C=N–C) groups is 1. The summed E-state index contributed by atoms with van der Waals surface area (Å²) in [6.07, 6.45) is 7.36. The lowest BCUT2D eigenvalue weighted by Gasteiger charge is -2.20. The van der Waals surface area contributed by atoms with Gasteiger partial charge in [0.1, 0.15) is 24.0 Å². The average molecular weight is 553 g/mol. The molecule has 0 radical (unpaired) electrons. The molecule has 0 atom stereocenters. The van der Waals surface area contributed by atoms with Gasteiger partial charge in [-0.3, -0.25) is 10.2 Å². The molecule has 5 rings (SSSR count). The third-order valence-electron chi connectivity index (χ3n) is 6.61. The molecule has 8 nitrogen and oxygen atoms in total. The Hall–Kier alpha value is -3.30. The monoisotopic (exact) mass is 552 g/mol. The smallest absolute Gasteiger partial charge is 0.283 e. The molecule has 0 saturated heterocycles. The molecule has 1 amide bonds. The molecule has 1 N–H and O–H groups in total. The van der Waals surface area contributed by atoms with Crippen molar-refractivity contribution in [2.24, 2.45) is 16.0 Å². The Morgan fingerprint density at radius 2 is 1.87 bits per heavy atom. The number of carbonyl (C=O) groups excluding carboxylic acids is 1. The number of hydrogen-bond acceptors (Lipinski definition) is 7. The van der Waals surface area contributed by atoms with Gasteiger partial charge in [0, 0.05) is 5.92 Å². The Kier molecular flexibility index (Phi) is 8.04. The van der Waals surface area contributed by atoms with Crippen LogP contribution in [0, 0.1) is 18.3 Å². The van der Waals surface area contributed by atoms with E-state index in [9.17, 15) is 4.79 Å². The van der Waals surface area contributed by atoms with Gasteiger partial charge < -0.3 is 14.2 Å². The number of methoxy groups -OCH3 is 1. The van der Waals surface area contributed by atoms with Crippen molar-refractivity contribution in [3.8, 4) is 17.2 Å². The van der Waals surface area contributed by atoms with Gasteiger partial charge in [0.05, 0.1) is 17.7 Å². The topological polar surface area (TPSA) is 96.6 Å². The van der Waals surface area contributed by atoms with Gasteiger partial charge in [-0.2, -0.15) is 15.1 Å². The van der Waals surface area contributed by atoms with Crippen molar-refractivity contribution in [3.63, 3.8) is 0 Å². The maximum absolute atomic E-state index is 12.9. The van der Waals surface area contributed by atoms with E-state index >= 15 is 0 Å². The fraction of sp³-hybridized carbons (Fsp3) is 0.357. The number of benzene rings is 2. The molecule has 0 aromatic heterocycles. The van der Waals surface area contributed by atoms with E-state index in [1.165, 1.54) is 43.1 Å². The van der Waals surface area contributed by atoms with Gasteiger partial charge in [-0.15, -0.1) is 0 Å². The Morgan fingerprint density at radius 1 is 1.13 bits per heavy atom. The van der Waals surface area contributed by atoms with Crippen LogP contribution in [0.4, 0.5) is 0 Å².